The highest BCUT2D eigenvalue weighted by Gasteiger charge is 2.36. The Kier molecular flexibility index (Phi) is 9.50. The van der Waals surface area contributed by atoms with Crippen LogP contribution < -0.4 is 24.4 Å². The van der Waals surface area contributed by atoms with Crippen LogP contribution in [0.25, 0.3) is 11.0 Å². The molecule has 12 nitrogen and oxygen atoms in total. The van der Waals surface area contributed by atoms with E-state index in [1.54, 1.807) is 23.1 Å². The van der Waals surface area contributed by atoms with Crippen molar-refractivity contribution in [3.63, 3.8) is 0 Å². The molecule has 0 radical (unpaired) electrons. The highest BCUT2D eigenvalue weighted by atomic mass is 32.2. The summed E-state index contributed by atoms with van der Waals surface area (Å²) in [4.78, 5) is 65.5. The molecule has 3 heterocycles. The predicted molar refractivity (Wildman–Crippen MR) is 163 cm³/mol. The van der Waals surface area contributed by atoms with Crippen molar-refractivity contribution in [3.8, 4) is 5.75 Å². The molecule has 1 saturated heterocycles. The van der Waals surface area contributed by atoms with Crippen LogP contribution in [-0.4, -0.2) is 75.1 Å². The van der Waals surface area contributed by atoms with Gasteiger partial charge in [-0.15, -0.1) is 11.3 Å². The topological polar surface area (TPSA) is 156 Å². The first-order valence-corrected chi connectivity index (χ1v) is 15.1. The lowest BCUT2D eigenvalue weighted by Crippen LogP contribution is -2.37. The molecule has 0 atom stereocenters. The number of nitrogens with zero attached hydrogens (tertiary/aromatic N) is 3. The highest BCUT2D eigenvalue weighted by molar-refractivity contribution is 8.30. The van der Waals surface area contributed by atoms with E-state index in [9.17, 15) is 34.2 Å². The summed E-state index contributed by atoms with van der Waals surface area (Å²) in [6.07, 6.45) is 1.63. The number of carboxylic acids is 2. The Hall–Kier alpha value is -3.60. The second kappa shape index (κ2) is 12.7. The van der Waals surface area contributed by atoms with E-state index in [0.717, 1.165) is 43.1 Å². The number of anilines is 1. The van der Waals surface area contributed by atoms with Gasteiger partial charge in [0, 0.05) is 11.0 Å². The van der Waals surface area contributed by atoms with Crippen molar-refractivity contribution in [1.29, 1.82) is 0 Å². The Morgan fingerprint density at radius 2 is 1.71 bits per heavy atom. The highest BCUT2D eigenvalue weighted by Crippen LogP contribution is 2.49. The zero-order chi connectivity index (χ0) is 30.9. The number of carboxylic acid groups (broad SMARTS) is 2. The lowest BCUT2D eigenvalue weighted by Gasteiger charge is -2.22. The molecule has 1 amide bonds. The quantitative estimate of drug-likeness (QED) is 0.297. The fraction of sp³-hybridized carbons (Fsp3) is 0.308. The minimum atomic E-state index is -1.30. The molecular formula is C26H25N3O9S4. The van der Waals surface area contributed by atoms with Gasteiger partial charge in [0.15, 0.2) is 0 Å². The number of amides is 1. The fourth-order valence-corrected chi connectivity index (χ4v) is 7.95. The normalized spacial score (nSPS) is 17.7. The molecule has 42 heavy (non-hydrogen) atoms. The lowest BCUT2D eigenvalue weighted by atomic mass is 10.0. The lowest BCUT2D eigenvalue weighted by molar-refractivity contribution is -0.140. The van der Waals surface area contributed by atoms with E-state index in [1.807, 2.05) is 19.9 Å². The number of carbonyl (C=O) groups excluding carboxylic acids is 2. The zero-order valence-corrected chi connectivity index (χ0v) is 26.0. The minimum absolute atomic E-state index is 0.00959. The Bertz CT molecular complexity index is 1720. The number of carbonyl (C=O) groups is 4. The van der Waals surface area contributed by atoms with E-state index in [2.05, 4.69) is 0 Å². The number of esters is 1. The van der Waals surface area contributed by atoms with Crippen molar-refractivity contribution in [3.05, 3.63) is 48.4 Å². The number of allylic oxidation sites excluding steroid dienone is 1. The van der Waals surface area contributed by atoms with Crippen molar-refractivity contribution in [1.82, 2.24) is 9.47 Å². The molecule has 0 aliphatic carbocycles. The van der Waals surface area contributed by atoms with E-state index in [0.29, 0.717) is 16.4 Å². The number of aliphatic carboxylic acids is 2. The molecule has 0 spiro atoms. The number of fused-ring (bicyclic) bond motifs is 1. The molecule has 16 heteroatoms. The fourth-order valence-electron chi connectivity index (χ4n) is 4.14. The summed E-state index contributed by atoms with van der Waals surface area (Å²) in [6.45, 7) is 2.34. The molecule has 0 bridgehead atoms. The summed E-state index contributed by atoms with van der Waals surface area (Å²) >= 11 is 8.31. The molecule has 0 unspecified atom stereocenters. The Morgan fingerprint density at radius 3 is 2.31 bits per heavy atom. The van der Waals surface area contributed by atoms with Gasteiger partial charge in [0.25, 0.3) is 11.5 Å². The Labute approximate surface area is 256 Å². The third-order valence-corrected chi connectivity index (χ3v) is 10.0. The van der Waals surface area contributed by atoms with Gasteiger partial charge < -0.3 is 24.6 Å². The number of thioether (sulfide) groups is 2. The second-order valence-electron chi connectivity index (χ2n) is 9.20. The van der Waals surface area contributed by atoms with E-state index < -0.39 is 42.5 Å². The van der Waals surface area contributed by atoms with Gasteiger partial charge in [0.2, 0.25) is 0 Å². The largest absolute Gasteiger partial charge is 0.497 e. The summed E-state index contributed by atoms with van der Waals surface area (Å²) in [7, 11) is 2.83. The van der Waals surface area contributed by atoms with Crippen molar-refractivity contribution in [2.45, 2.75) is 25.3 Å². The van der Waals surface area contributed by atoms with E-state index in [4.69, 9.17) is 21.7 Å². The van der Waals surface area contributed by atoms with Crippen LogP contribution >= 0.6 is 47.1 Å². The molecule has 2 aromatic rings. The molecule has 1 aromatic heterocycles. The molecule has 1 fully saturated rings. The van der Waals surface area contributed by atoms with Gasteiger partial charge in [-0.05, 0) is 29.7 Å². The number of methoxy groups -OCH3 is 2. The van der Waals surface area contributed by atoms with Crippen LogP contribution in [-0.2, 0) is 30.5 Å². The van der Waals surface area contributed by atoms with E-state index >= 15 is 0 Å². The maximum atomic E-state index is 13.6. The van der Waals surface area contributed by atoms with Crippen LogP contribution in [0.4, 0.5) is 5.69 Å². The monoisotopic (exact) mass is 651 g/mol. The van der Waals surface area contributed by atoms with Gasteiger partial charge in [-0.2, -0.15) is 0 Å². The van der Waals surface area contributed by atoms with Gasteiger partial charge in [-0.1, -0.05) is 49.6 Å². The number of aromatic nitrogens is 1. The van der Waals surface area contributed by atoms with Gasteiger partial charge in [-0.3, -0.25) is 33.4 Å². The summed E-state index contributed by atoms with van der Waals surface area (Å²) in [5.74, 6) is -3.34. The average Bonchev–Trinajstić information content (AvgIpc) is 3.53. The summed E-state index contributed by atoms with van der Waals surface area (Å²) < 4.78 is 11.5. The van der Waals surface area contributed by atoms with E-state index in [1.165, 1.54) is 26.0 Å². The number of benzene rings is 1. The molecular weight excluding hydrogens is 627 g/mol. The number of thiocarbonyl (C=S) groups is 1. The molecule has 222 valence electrons. The van der Waals surface area contributed by atoms with Crippen LogP contribution in [0, 0.1) is 5.92 Å². The van der Waals surface area contributed by atoms with E-state index in [-0.39, 0.29) is 30.9 Å². The first kappa shape index (κ1) is 31.3. The number of hydrogen-bond acceptors (Lipinski definition) is 12. The van der Waals surface area contributed by atoms with Crippen LogP contribution in [0.15, 0.2) is 38.5 Å². The molecule has 1 aromatic carbocycles. The molecule has 2 aliphatic heterocycles. The van der Waals surface area contributed by atoms with Crippen LogP contribution in [0.1, 0.15) is 13.8 Å². The maximum absolute atomic E-state index is 13.6. The number of hydrogen-bond donors (Lipinski definition) is 2. The maximum Gasteiger partial charge on any atom is 0.325 e. The predicted octanol–water partition coefficient (Wildman–Crippen LogP) is 1.49. The summed E-state index contributed by atoms with van der Waals surface area (Å²) in [5.41, 5.74) is 0.767. The molecule has 4 rings (SSSR count). The van der Waals surface area contributed by atoms with Crippen LogP contribution in [0.2, 0.25) is 0 Å². The van der Waals surface area contributed by atoms with Crippen LogP contribution in [0.5, 0.6) is 5.75 Å². The number of ether oxygens (including phenoxy) is 2. The van der Waals surface area contributed by atoms with Gasteiger partial charge in [0.05, 0.1) is 29.5 Å². The molecule has 2 aliphatic rings. The second-order valence-corrected chi connectivity index (χ2v) is 12.9. The van der Waals surface area contributed by atoms with Crippen LogP contribution in [0.3, 0.4) is 0 Å². The number of rotatable bonds is 9. The smallest absolute Gasteiger partial charge is 0.325 e. The third kappa shape index (κ3) is 6.25. The molecule has 2 N–H and O–H groups in total. The zero-order valence-electron chi connectivity index (χ0n) is 22.7. The first-order chi connectivity index (χ1) is 19.9. The van der Waals surface area contributed by atoms with Gasteiger partial charge in [-0.25, -0.2) is 0 Å². The van der Waals surface area contributed by atoms with Crippen molar-refractivity contribution >= 4 is 91.9 Å². The summed E-state index contributed by atoms with van der Waals surface area (Å²) in [5, 5.41) is 19.4. The average molecular weight is 652 g/mol. The Morgan fingerprint density at radius 1 is 1.02 bits per heavy atom. The first-order valence-electron chi connectivity index (χ1n) is 12.2. The van der Waals surface area contributed by atoms with Crippen molar-refractivity contribution in [2.24, 2.45) is 5.92 Å². The standard InChI is InChI=1S/C26H25N3O9S4/c1-12(2)14(24-27(11-20(34)38-4)15-7-13(37-3)5-6-16(15)40-24)8-17-22(35)28(9-18(30)31)25(41-17)21-23(36)29(10-19(32)33)26(39)42-21/h5-8,12H,9-11H2,1-4H3,(H,30,31)(H,32,33)/b17-8+,24-14+,25-21-. The van der Waals surface area contributed by atoms with Gasteiger partial charge in [0.1, 0.15) is 39.3 Å². The van der Waals surface area contributed by atoms with Crippen molar-refractivity contribution < 1.29 is 38.9 Å². The van der Waals surface area contributed by atoms with Crippen molar-refractivity contribution in [2.75, 3.05) is 32.2 Å². The SMILES string of the molecule is COC(=O)CN1/C(=C(/C=c2/s/c(=C3\SC(=S)N(CC(=O)O)C3=O)n(CC(=O)O)c2=O)C(C)C)Sc2ccc(OC)cc21. The Balaban J connectivity index is 1.96. The third-order valence-electron chi connectivity index (χ3n) is 6.12. The number of thiazole rings is 1. The molecule has 0 saturated carbocycles. The summed E-state index contributed by atoms with van der Waals surface area (Å²) in [6, 6.07) is 5.46. The minimum Gasteiger partial charge on any atom is -0.497 e. The van der Waals surface area contributed by atoms with Gasteiger partial charge >= 0.3 is 17.9 Å².